The summed E-state index contributed by atoms with van der Waals surface area (Å²) in [5, 5.41) is 11.6. The first kappa shape index (κ1) is 12.9. The average Bonchev–Trinajstić information content (AvgIpc) is 2.78. The van der Waals surface area contributed by atoms with Gasteiger partial charge in [-0.25, -0.2) is 0 Å². The van der Waals surface area contributed by atoms with Crippen molar-refractivity contribution in [1.82, 2.24) is 4.98 Å². The van der Waals surface area contributed by atoms with E-state index in [2.05, 4.69) is 10.3 Å². The fourth-order valence-corrected chi connectivity index (χ4v) is 1.53. The van der Waals surface area contributed by atoms with Crippen molar-refractivity contribution in [2.45, 2.75) is 13.3 Å². The molecule has 19 heavy (non-hydrogen) atoms. The minimum atomic E-state index is -0.944. The Labute approximate surface area is 110 Å². The second kappa shape index (κ2) is 5.90. The van der Waals surface area contributed by atoms with Crippen LogP contribution in [0.4, 0.5) is 11.7 Å². The smallest absolute Gasteiger partial charge is 0.309 e. The van der Waals surface area contributed by atoms with Crippen molar-refractivity contribution in [3.8, 4) is 5.75 Å². The summed E-state index contributed by atoms with van der Waals surface area (Å²) < 4.78 is 10.5. The molecule has 0 unspecified atom stereocenters. The molecule has 0 aliphatic carbocycles. The fraction of sp³-hybridized carbons (Fsp3) is 0.231. The Morgan fingerprint density at radius 1 is 1.42 bits per heavy atom. The van der Waals surface area contributed by atoms with E-state index in [4.69, 9.17) is 14.3 Å². The van der Waals surface area contributed by atoms with Gasteiger partial charge in [-0.2, -0.15) is 4.98 Å². The molecule has 1 aromatic heterocycles. The van der Waals surface area contributed by atoms with Gasteiger partial charge in [-0.3, -0.25) is 4.79 Å². The SMILES string of the molecule is CCOc1ccc(Nc2nc(CC(=O)O)co2)cc1. The molecule has 0 bridgehead atoms. The van der Waals surface area contributed by atoms with Crippen molar-refractivity contribution in [1.29, 1.82) is 0 Å². The maximum atomic E-state index is 10.5. The standard InChI is InChI=1S/C13H14N2O4/c1-2-18-11-5-3-9(4-6-11)14-13-15-10(8-19-13)7-12(16)17/h3-6,8H,2,7H2,1H3,(H,14,15)(H,16,17). The Bertz CT molecular complexity index is 548. The normalized spacial score (nSPS) is 10.2. The zero-order valence-corrected chi connectivity index (χ0v) is 10.4. The van der Waals surface area contributed by atoms with E-state index in [0.717, 1.165) is 11.4 Å². The molecule has 0 saturated carbocycles. The van der Waals surface area contributed by atoms with Crippen LogP contribution in [0.25, 0.3) is 0 Å². The number of carboxylic acids is 1. The van der Waals surface area contributed by atoms with E-state index in [9.17, 15) is 4.79 Å². The number of oxazole rings is 1. The molecule has 0 aliphatic rings. The predicted molar refractivity (Wildman–Crippen MR) is 68.7 cm³/mol. The third-order valence-electron chi connectivity index (χ3n) is 2.30. The molecule has 100 valence electrons. The molecule has 0 fully saturated rings. The number of aliphatic carboxylic acids is 1. The maximum Gasteiger partial charge on any atom is 0.309 e. The van der Waals surface area contributed by atoms with Crippen molar-refractivity contribution in [3.63, 3.8) is 0 Å². The first-order chi connectivity index (χ1) is 9.17. The molecule has 0 atom stereocenters. The first-order valence-corrected chi connectivity index (χ1v) is 5.83. The Morgan fingerprint density at radius 3 is 2.79 bits per heavy atom. The molecule has 0 spiro atoms. The number of anilines is 2. The lowest BCUT2D eigenvalue weighted by atomic mass is 10.3. The van der Waals surface area contributed by atoms with Gasteiger partial charge in [0, 0.05) is 5.69 Å². The topological polar surface area (TPSA) is 84.6 Å². The number of aromatic nitrogens is 1. The van der Waals surface area contributed by atoms with E-state index in [1.165, 1.54) is 6.26 Å². The van der Waals surface area contributed by atoms with Gasteiger partial charge in [0.15, 0.2) is 0 Å². The third kappa shape index (κ3) is 3.74. The number of carboxylic acid groups (broad SMARTS) is 1. The van der Waals surface area contributed by atoms with Gasteiger partial charge in [0.1, 0.15) is 12.0 Å². The lowest BCUT2D eigenvalue weighted by Crippen LogP contribution is -2.00. The van der Waals surface area contributed by atoms with Gasteiger partial charge in [0.2, 0.25) is 0 Å². The van der Waals surface area contributed by atoms with E-state index in [1.54, 1.807) is 0 Å². The van der Waals surface area contributed by atoms with Gasteiger partial charge in [0.05, 0.1) is 18.7 Å². The van der Waals surface area contributed by atoms with Crippen molar-refractivity contribution in [2.24, 2.45) is 0 Å². The van der Waals surface area contributed by atoms with Crippen LogP contribution in [0.2, 0.25) is 0 Å². The monoisotopic (exact) mass is 262 g/mol. The van der Waals surface area contributed by atoms with Crippen LogP contribution in [0.5, 0.6) is 5.75 Å². The molecule has 6 nitrogen and oxygen atoms in total. The van der Waals surface area contributed by atoms with Gasteiger partial charge < -0.3 is 19.6 Å². The number of hydrogen-bond donors (Lipinski definition) is 2. The molecule has 0 amide bonds. The molecule has 2 N–H and O–H groups in total. The highest BCUT2D eigenvalue weighted by atomic mass is 16.5. The third-order valence-corrected chi connectivity index (χ3v) is 2.30. The summed E-state index contributed by atoms with van der Waals surface area (Å²) in [6, 6.07) is 7.57. The maximum absolute atomic E-state index is 10.5. The van der Waals surface area contributed by atoms with E-state index in [1.807, 2.05) is 31.2 Å². The highest BCUT2D eigenvalue weighted by Crippen LogP contribution is 2.19. The summed E-state index contributed by atoms with van der Waals surface area (Å²) in [5.74, 6) is -0.159. The molecule has 2 rings (SSSR count). The second-order valence-corrected chi connectivity index (χ2v) is 3.80. The first-order valence-electron chi connectivity index (χ1n) is 5.83. The van der Waals surface area contributed by atoms with E-state index in [0.29, 0.717) is 12.3 Å². The van der Waals surface area contributed by atoms with Crippen LogP contribution in [0.3, 0.4) is 0 Å². The van der Waals surface area contributed by atoms with Gasteiger partial charge in [0.25, 0.3) is 6.01 Å². The number of hydrogen-bond acceptors (Lipinski definition) is 5. The molecule has 0 radical (unpaired) electrons. The molecule has 0 saturated heterocycles. The summed E-state index contributed by atoms with van der Waals surface area (Å²) >= 11 is 0. The van der Waals surface area contributed by atoms with Crippen molar-refractivity contribution >= 4 is 17.7 Å². The Hall–Kier alpha value is -2.50. The predicted octanol–water partition coefficient (Wildman–Crippen LogP) is 2.44. The molecular weight excluding hydrogens is 248 g/mol. The number of benzene rings is 1. The summed E-state index contributed by atoms with van der Waals surface area (Å²) in [4.78, 5) is 14.5. The number of nitrogens with one attached hydrogen (secondary N) is 1. The van der Waals surface area contributed by atoms with Crippen LogP contribution in [0.1, 0.15) is 12.6 Å². The Balaban J connectivity index is 2.00. The van der Waals surface area contributed by atoms with Crippen LogP contribution in [-0.2, 0) is 11.2 Å². The molecule has 1 heterocycles. The molecular formula is C13H14N2O4. The molecule has 1 aromatic carbocycles. The summed E-state index contributed by atoms with van der Waals surface area (Å²) in [5.41, 5.74) is 1.16. The number of ether oxygens (including phenoxy) is 1. The van der Waals surface area contributed by atoms with Gasteiger partial charge >= 0.3 is 5.97 Å². The van der Waals surface area contributed by atoms with Crippen LogP contribution in [0.15, 0.2) is 34.9 Å². The number of nitrogens with zero attached hydrogens (tertiary/aromatic N) is 1. The average molecular weight is 262 g/mol. The summed E-state index contributed by atoms with van der Waals surface area (Å²) in [7, 11) is 0. The zero-order valence-electron chi connectivity index (χ0n) is 10.4. The molecule has 6 heteroatoms. The van der Waals surface area contributed by atoms with Gasteiger partial charge in [-0.05, 0) is 31.2 Å². The highest BCUT2D eigenvalue weighted by molar-refractivity contribution is 5.69. The second-order valence-electron chi connectivity index (χ2n) is 3.80. The lowest BCUT2D eigenvalue weighted by Gasteiger charge is -2.04. The number of carbonyl (C=O) groups is 1. The van der Waals surface area contributed by atoms with Crippen LogP contribution in [0, 0.1) is 0 Å². The van der Waals surface area contributed by atoms with Crippen molar-refractivity contribution < 1.29 is 19.1 Å². The summed E-state index contributed by atoms with van der Waals surface area (Å²) in [6.07, 6.45) is 1.17. The molecule has 2 aromatic rings. The Kier molecular flexibility index (Phi) is 4.02. The van der Waals surface area contributed by atoms with Gasteiger partial charge in [-0.1, -0.05) is 0 Å². The highest BCUT2D eigenvalue weighted by Gasteiger charge is 2.07. The summed E-state index contributed by atoms with van der Waals surface area (Å²) in [6.45, 7) is 2.54. The zero-order chi connectivity index (χ0) is 13.7. The van der Waals surface area contributed by atoms with Crippen molar-refractivity contribution in [3.05, 3.63) is 36.2 Å². The van der Waals surface area contributed by atoms with E-state index < -0.39 is 5.97 Å². The fourth-order valence-electron chi connectivity index (χ4n) is 1.53. The van der Waals surface area contributed by atoms with Gasteiger partial charge in [-0.15, -0.1) is 0 Å². The van der Waals surface area contributed by atoms with Crippen LogP contribution in [-0.4, -0.2) is 22.7 Å². The lowest BCUT2D eigenvalue weighted by molar-refractivity contribution is -0.136. The van der Waals surface area contributed by atoms with E-state index >= 15 is 0 Å². The largest absolute Gasteiger partial charge is 0.494 e. The van der Waals surface area contributed by atoms with E-state index in [-0.39, 0.29) is 12.4 Å². The molecule has 0 aliphatic heterocycles. The van der Waals surface area contributed by atoms with Crippen LogP contribution < -0.4 is 10.1 Å². The minimum Gasteiger partial charge on any atom is -0.494 e. The minimum absolute atomic E-state index is 0.158. The number of rotatable bonds is 6. The Morgan fingerprint density at radius 2 is 2.16 bits per heavy atom. The quantitative estimate of drug-likeness (QED) is 0.831. The van der Waals surface area contributed by atoms with Crippen LogP contribution >= 0.6 is 0 Å². The van der Waals surface area contributed by atoms with Crippen molar-refractivity contribution in [2.75, 3.05) is 11.9 Å².